The summed E-state index contributed by atoms with van der Waals surface area (Å²) in [4.78, 5) is 37.7. The van der Waals surface area contributed by atoms with Crippen LogP contribution in [0.1, 0.15) is 38.7 Å². The van der Waals surface area contributed by atoms with Gasteiger partial charge in [-0.25, -0.2) is 4.79 Å². The van der Waals surface area contributed by atoms with Gasteiger partial charge < -0.3 is 15.0 Å². The second-order valence-electron chi connectivity index (χ2n) is 6.08. The van der Waals surface area contributed by atoms with Crippen molar-refractivity contribution >= 4 is 17.8 Å². The van der Waals surface area contributed by atoms with E-state index in [0.29, 0.717) is 13.0 Å². The summed E-state index contributed by atoms with van der Waals surface area (Å²) in [6.45, 7) is 3.81. The van der Waals surface area contributed by atoms with Crippen LogP contribution in [-0.2, 0) is 20.9 Å². The topological polar surface area (TPSA) is 75.7 Å². The first-order chi connectivity index (χ1) is 11.5. The number of amides is 2. The summed E-state index contributed by atoms with van der Waals surface area (Å²) in [6, 6.07) is 8.21. The van der Waals surface area contributed by atoms with E-state index in [1.165, 1.54) is 6.92 Å². The smallest absolute Gasteiger partial charge is 0.408 e. The van der Waals surface area contributed by atoms with Crippen LogP contribution in [0.4, 0.5) is 4.79 Å². The number of nitrogens with one attached hydrogen (secondary N) is 1. The van der Waals surface area contributed by atoms with Crippen LogP contribution < -0.4 is 5.32 Å². The molecular weight excluding hydrogens is 308 g/mol. The van der Waals surface area contributed by atoms with Crippen molar-refractivity contribution in [2.45, 2.75) is 51.8 Å². The molecule has 1 aromatic carbocycles. The van der Waals surface area contributed by atoms with E-state index in [-0.39, 0.29) is 24.3 Å². The van der Waals surface area contributed by atoms with Crippen LogP contribution in [0.5, 0.6) is 0 Å². The van der Waals surface area contributed by atoms with E-state index in [1.54, 1.807) is 11.8 Å². The van der Waals surface area contributed by atoms with Gasteiger partial charge in [0.15, 0.2) is 5.78 Å². The molecule has 1 aliphatic heterocycles. The Morgan fingerprint density at radius 1 is 1.25 bits per heavy atom. The second-order valence-corrected chi connectivity index (χ2v) is 6.08. The zero-order valence-corrected chi connectivity index (χ0v) is 14.2. The fourth-order valence-corrected chi connectivity index (χ4v) is 2.87. The third-order valence-corrected chi connectivity index (χ3v) is 4.17. The Hall–Kier alpha value is -2.37. The number of carbonyl (C=O) groups is 3. The zero-order chi connectivity index (χ0) is 17.5. The van der Waals surface area contributed by atoms with E-state index in [2.05, 4.69) is 5.32 Å². The number of ether oxygens (including phenoxy) is 1. The van der Waals surface area contributed by atoms with Gasteiger partial charge in [0.1, 0.15) is 12.6 Å². The molecule has 1 saturated heterocycles. The largest absolute Gasteiger partial charge is 0.445 e. The lowest BCUT2D eigenvalue weighted by Gasteiger charge is -2.35. The molecule has 0 saturated carbocycles. The number of likely N-dealkylation sites (tertiary alicyclic amines) is 1. The first kappa shape index (κ1) is 18.0. The van der Waals surface area contributed by atoms with E-state index in [0.717, 1.165) is 18.4 Å². The average Bonchev–Trinajstić information content (AvgIpc) is 2.60. The highest BCUT2D eigenvalue weighted by atomic mass is 16.5. The number of hydrogen-bond donors (Lipinski definition) is 1. The Morgan fingerprint density at radius 3 is 2.62 bits per heavy atom. The number of alkyl carbamates (subject to hydrolysis) is 1. The average molecular weight is 332 g/mol. The van der Waals surface area contributed by atoms with E-state index >= 15 is 0 Å². The lowest BCUT2D eigenvalue weighted by atomic mass is 9.98. The maximum absolute atomic E-state index is 12.5. The Morgan fingerprint density at radius 2 is 1.96 bits per heavy atom. The predicted octanol–water partition coefficient (Wildman–Crippen LogP) is 2.27. The number of ketones is 1. The molecule has 1 aliphatic rings. The number of carbonyl (C=O) groups excluding carboxylic acids is 3. The Kier molecular flexibility index (Phi) is 6.35. The minimum atomic E-state index is -0.728. The lowest BCUT2D eigenvalue weighted by Crippen LogP contribution is -2.54. The molecule has 130 valence electrons. The molecule has 0 aromatic heterocycles. The Bertz CT molecular complexity index is 588. The fraction of sp³-hybridized carbons (Fsp3) is 0.500. The van der Waals surface area contributed by atoms with Gasteiger partial charge in [-0.15, -0.1) is 0 Å². The summed E-state index contributed by atoms with van der Waals surface area (Å²) < 4.78 is 5.12. The highest BCUT2D eigenvalue weighted by molar-refractivity contribution is 5.91. The summed E-state index contributed by atoms with van der Waals surface area (Å²) in [5.74, 6) is -0.256. The third kappa shape index (κ3) is 4.81. The summed E-state index contributed by atoms with van der Waals surface area (Å²) in [6.07, 6.45) is 1.86. The molecule has 0 aliphatic carbocycles. The van der Waals surface area contributed by atoms with Crippen LogP contribution in [0, 0.1) is 0 Å². The van der Waals surface area contributed by atoms with Crippen molar-refractivity contribution in [3.63, 3.8) is 0 Å². The van der Waals surface area contributed by atoms with Gasteiger partial charge in [0.2, 0.25) is 5.91 Å². The number of benzene rings is 1. The van der Waals surface area contributed by atoms with E-state index in [4.69, 9.17) is 4.74 Å². The van der Waals surface area contributed by atoms with Crippen molar-refractivity contribution in [1.29, 1.82) is 0 Å². The molecule has 6 nitrogen and oxygen atoms in total. The summed E-state index contributed by atoms with van der Waals surface area (Å²) in [7, 11) is 0. The van der Waals surface area contributed by atoms with Gasteiger partial charge in [0.05, 0.1) is 6.04 Å². The number of rotatable bonds is 5. The van der Waals surface area contributed by atoms with E-state index in [9.17, 15) is 14.4 Å². The monoisotopic (exact) mass is 332 g/mol. The zero-order valence-electron chi connectivity index (χ0n) is 14.2. The molecule has 2 rings (SSSR count). The third-order valence-electron chi connectivity index (χ3n) is 4.17. The summed E-state index contributed by atoms with van der Waals surface area (Å²) in [5, 5.41) is 2.54. The summed E-state index contributed by atoms with van der Waals surface area (Å²) in [5.41, 5.74) is 0.874. The van der Waals surface area contributed by atoms with E-state index < -0.39 is 12.1 Å². The van der Waals surface area contributed by atoms with Gasteiger partial charge in [-0.05, 0) is 38.7 Å². The van der Waals surface area contributed by atoms with Crippen LogP contribution in [0.2, 0.25) is 0 Å². The summed E-state index contributed by atoms with van der Waals surface area (Å²) >= 11 is 0. The highest BCUT2D eigenvalue weighted by Crippen LogP contribution is 2.18. The molecule has 2 unspecified atom stereocenters. The number of nitrogens with zero attached hydrogens (tertiary/aromatic N) is 1. The fourth-order valence-electron chi connectivity index (χ4n) is 2.87. The number of hydrogen-bond acceptors (Lipinski definition) is 4. The van der Waals surface area contributed by atoms with Crippen molar-refractivity contribution in [2.75, 3.05) is 6.54 Å². The van der Waals surface area contributed by atoms with Crippen molar-refractivity contribution in [3.05, 3.63) is 35.9 Å². The van der Waals surface area contributed by atoms with Crippen LogP contribution in [0.3, 0.4) is 0 Å². The number of Topliss-reactive ketones (excluding diaryl/α,β-unsaturated/α-hetero) is 1. The van der Waals surface area contributed by atoms with Crippen molar-refractivity contribution in [3.8, 4) is 0 Å². The molecule has 1 fully saturated rings. The predicted molar refractivity (Wildman–Crippen MR) is 89.3 cm³/mol. The van der Waals surface area contributed by atoms with Gasteiger partial charge in [0.25, 0.3) is 0 Å². The van der Waals surface area contributed by atoms with Crippen LogP contribution >= 0.6 is 0 Å². The van der Waals surface area contributed by atoms with Gasteiger partial charge in [0, 0.05) is 6.54 Å². The molecule has 2 amide bonds. The van der Waals surface area contributed by atoms with Crippen molar-refractivity contribution < 1.29 is 19.1 Å². The molecule has 0 radical (unpaired) electrons. The van der Waals surface area contributed by atoms with Gasteiger partial charge in [-0.1, -0.05) is 30.3 Å². The van der Waals surface area contributed by atoms with Crippen molar-refractivity contribution in [1.82, 2.24) is 10.2 Å². The first-order valence-electron chi connectivity index (χ1n) is 8.27. The second kappa shape index (κ2) is 8.47. The molecule has 1 aromatic rings. The van der Waals surface area contributed by atoms with Crippen LogP contribution in [0.15, 0.2) is 30.3 Å². The molecular formula is C18H24N2O4. The maximum Gasteiger partial charge on any atom is 0.408 e. The molecule has 24 heavy (non-hydrogen) atoms. The molecule has 0 bridgehead atoms. The highest BCUT2D eigenvalue weighted by Gasteiger charge is 2.32. The van der Waals surface area contributed by atoms with E-state index in [1.807, 2.05) is 30.3 Å². The molecule has 0 spiro atoms. The standard InChI is InChI=1S/C18H24N2O4/c1-13(17(22)20-11-7-6-10-16(20)14(2)21)19-18(23)24-12-15-8-4-3-5-9-15/h3-5,8-9,13,16H,6-7,10-12H2,1-2H3,(H,19,23). The minimum absolute atomic E-state index is 0.0121. The normalized spacial score (nSPS) is 18.6. The molecule has 6 heteroatoms. The Balaban J connectivity index is 1.86. The van der Waals surface area contributed by atoms with Crippen molar-refractivity contribution in [2.24, 2.45) is 0 Å². The molecule has 1 heterocycles. The molecule has 2 atom stereocenters. The lowest BCUT2D eigenvalue weighted by molar-refractivity contribution is -0.142. The molecule has 1 N–H and O–H groups in total. The van der Waals surface area contributed by atoms with Crippen LogP contribution in [-0.4, -0.2) is 41.3 Å². The number of piperidine rings is 1. The van der Waals surface area contributed by atoms with Crippen LogP contribution in [0.25, 0.3) is 0 Å². The Labute approximate surface area is 142 Å². The maximum atomic E-state index is 12.5. The van der Waals surface area contributed by atoms with Gasteiger partial charge in [-0.3, -0.25) is 9.59 Å². The SMILES string of the molecule is CC(=O)C1CCCCN1C(=O)C(C)NC(=O)OCc1ccccc1. The van der Waals surface area contributed by atoms with Gasteiger partial charge in [-0.2, -0.15) is 0 Å². The minimum Gasteiger partial charge on any atom is -0.445 e. The first-order valence-corrected chi connectivity index (χ1v) is 8.27. The quantitative estimate of drug-likeness (QED) is 0.897. The van der Waals surface area contributed by atoms with Gasteiger partial charge >= 0.3 is 6.09 Å².